The first-order valence-electron chi connectivity index (χ1n) is 17.5. The average molecular weight is 887 g/mol. The van der Waals surface area contributed by atoms with E-state index in [4.69, 9.17) is 56.0 Å². The molecule has 63 heavy (non-hydrogen) atoms. The maximum Gasteiger partial charge on any atom is 0.273 e. The van der Waals surface area contributed by atoms with Gasteiger partial charge in [0.2, 0.25) is 5.91 Å². The molecule has 0 spiro atoms. The minimum absolute atomic E-state index is 0.0861. The smallest absolute Gasteiger partial charge is 0.273 e. The molecule has 2 aromatic carbocycles. The number of benzene rings is 2. The molecular formula is C31H46N22O10. The van der Waals surface area contributed by atoms with Gasteiger partial charge in [-0.05, 0) is 5.56 Å². The molecule has 2 rings (SSSR count). The SMILES string of the molecule is N=C(N)NC(NC(=O)C(NC(=N)N)NC(=O)C(NC(=N)N)NC(=O)C(NC(=N)N)NC(=O)C(NC(=O)C(O)NCc1ccccc1[N+](=O)[O-])c1ccccc1)C(=O)NC(N)C(N)=O. The molecule has 2 aromatic rings. The summed E-state index contributed by atoms with van der Waals surface area (Å²) >= 11 is 0. The maximum absolute atomic E-state index is 13.8. The molecule has 32 nitrogen and oxygen atoms in total. The Morgan fingerprint density at radius 1 is 0.556 bits per heavy atom. The third-order valence-electron chi connectivity index (χ3n) is 7.60. The van der Waals surface area contributed by atoms with Crippen molar-refractivity contribution in [2.24, 2.45) is 34.4 Å². The minimum atomic E-state index is -2.15. The van der Waals surface area contributed by atoms with Crippen LogP contribution in [-0.2, 0) is 40.1 Å². The van der Waals surface area contributed by atoms with Gasteiger partial charge in [-0.2, -0.15) is 0 Å². The van der Waals surface area contributed by atoms with E-state index in [-0.39, 0.29) is 23.4 Å². The number of amides is 7. The Morgan fingerprint density at radius 3 is 1.33 bits per heavy atom. The van der Waals surface area contributed by atoms with Crippen LogP contribution in [0, 0.1) is 31.8 Å². The summed E-state index contributed by atoms with van der Waals surface area (Å²) in [7, 11) is 0. The molecule has 7 atom stereocenters. The van der Waals surface area contributed by atoms with Gasteiger partial charge in [-0.15, -0.1) is 0 Å². The van der Waals surface area contributed by atoms with Crippen LogP contribution in [0.15, 0.2) is 54.6 Å². The van der Waals surface area contributed by atoms with Crippen molar-refractivity contribution < 1.29 is 43.6 Å². The van der Waals surface area contributed by atoms with Gasteiger partial charge in [-0.25, -0.2) is 0 Å². The second-order valence-electron chi connectivity index (χ2n) is 12.4. The number of aliphatic hydroxyl groups is 1. The van der Waals surface area contributed by atoms with Crippen LogP contribution in [0.2, 0.25) is 0 Å². The first-order chi connectivity index (χ1) is 29.5. The highest BCUT2D eigenvalue weighted by molar-refractivity contribution is 6.00. The predicted octanol–water partition coefficient (Wildman–Crippen LogP) is -9.55. The standard InChI is InChI=1S/C31H46N22O10/c32-15(16(33)54)44-22(56)17(49-28(34)35)46-24(58)19(51-30(38)39)48-25(59)20(52-31(40)41)47-23(57)18(50-29(36)37)45-21(55)14(11-6-2-1-3-7-11)43-27(61)26(60)42-10-12-8-4-5-9-13(12)53(62)63/h1-9,14-15,17-20,26,42,60H,10,32H2,(H2,33,54)(H,43,61)(H,44,56)(H,45,55)(H,46,58)(H,47,57)(H,48,59)(H4,34,35,49)(H4,36,37,50)(H4,38,39,51)(H4,40,41,52). The molecular weight excluding hydrogens is 840 g/mol. The summed E-state index contributed by atoms with van der Waals surface area (Å²) in [5.74, 6) is -12.8. The van der Waals surface area contributed by atoms with Crippen LogP contribution in [0.5, 0.6) is 0 Å². The van der Waals surface area contributed by atoms with Gasteiger partial charge >= 0.3 is 0 Å². The molecule has 0 saturated heterocycles. The van der Waals surface area contributed by atoms with Crippen molar-refractivity contribution >= 4 is 70.9 Å². The molecule has 340 valence electrons. The number of aliphatic hydroxyl groups excluding tert-OH is 1. The Kier molecular flexibility index (Phi) is 18.8. The summed E-state index contributed by atoms with van der Waals surface area (Å²) in [4.78, 5) is 102. The Bertz CT molecular complexity index is 2090. The number of primary amides is 1. The van der Waals surface area contributed by atoms with Gasteiger partial charge in [0.15, 0.2) is 60.9 Å². The van der Waals surface area contributed by atoms with E-state index in [0.717, 1.165) is 0 Å². The Hall–Kier alpha value is -8.91. The zero-order valence-electron chi connectivity index (χ0n) is 32.5. The summed E-state index contributed by atoms with van der Waals surface area (Å²) < 4.78 is 0. The molecule has 7 unspecified atom stereocenters. The van der Waals surface area contributed by atoms with Gasteiger partial charge in [0, 0.05) is 18.2 Å². The number of guanidine groups is 4. The van der Waals surface area contributed by atoms with E-state index in [0.29, 0.717) is 0 Å². The van der Waals surface area contributed by atoms with E-state index in [1.807, 2.05) is 37.2 Å². The van der Waals surface area contributed by atoms with Gasteiger partial charge in [0.25, 0.3) is 41.1 Å². The van der Waals surface area contributed by atoms with E-state index in [1.54, 1.807) is 6.07 Å². The quantitative estimate of drug-likeness (QED) is 0.0172. The number of nitrogens with zero attached hydrogens (tertiary/aromatic N) is 1. The number of nitro groups is 1. The van der Waals surface area contributed by atoms with Crippen molar-refractivity contribution in [3.8, 4) is 0 Å². The second-order valence-corrected chi connectivity index (χ2v) is 12.4. The van der Waals surface area contributed by atoms with Crippen molar-refractivity contribution in [3.05, 3.63) is 75.8 Å². The van der Waals surface area contributed by atoms with Crippen LogP contribution >= 0.6 is 0 Å². The third-order valence-corrected chi connectivity index (χ3v) is 7.60. The first kappa shape index (κ1) is 50.2. The molecule has 7 amide bonds. The van der Waals surface area contributed by atoms with Gasteiger partial charge in [-0.3, -0.25) is 70.6 Å². The van der Waals surface area contributed by atoms with Gasteiger partial charge in [0.05, 0.1) is 4.92 Å². The molecule has 0 saturated carbocycles. The second kappa shape index (κ2) is 23.6. The molecule has 28 N–H and O–H groups in total. The largest absolute Gasteiger partial charge is 0.370 e. The number of nitrogens with two attached hydrogens (primary N) is 6. The van der Waals surface area contributed by atoms with Crippen molar-refractivity contribution in [2.45, 2.75) is 49.6 Å². The Labute approximate surface area is 354 Å². The van der Waals surface area contributed by atoms with E-state index in [9.17, 15) is 48.8 Å². The van der Waals surface area contributed by atoms with Gasteiger partial charge in [0.1, 0.15) is 6.04 Å². The highest BCUT2D eigenvalue weighted by Crippen LogP contribution is 2.18. The fourth-order valence-corrected chi connectivity index (χ4v) is 4.81. The van der Waals surface area contributed by atoms with Gasteiger partial charge < -0.3 is 92.7 Å². The molecule has 0 aromatic heterocycles. The number of rotatable bonds is 22. The predicted molar refractivity (Wildman–Crippen MR) is 217 cm³/mol. The van der Waals surface area contributed by atoms with Crippen LogP contribution in [0.1, 0.15) is 17.2 Å². The highest BCUT2D eigenvalue weighted by Gasteiger charge is 2.35. The summed E-state index contributed by atoms with van der Waals surface area (Å²) in [6.07, 6.45) is -12.2. The Morgan fingerprint density at radius 2 is 0.937 bits per heavy atom. The molecule has 32 heteroatoms. The molecule has 0 aliphatic carbocycles. The number of para-hydroxylation sites is 1. The van der Waals surface area contributed by atoms with E-state index < -0.39 is 113 Å². The lowest BCUT2D eigenvalue weighted by atomic mass is 10.1. The molecule has 0 aliphatic heterocycles. The Balaban J connectivity index is 2.35. The number of carbonyl (C=O) groups excluding carboxylic acids is 7. The normalized spacial score (nSPS) is 13.7. The molecule has 0 heterocycles. The van der Waals surface area contributed by atoms with E-state index in [2.05, 4.69) is 21.3 Å². The summed E-state index contributed by atoms with van der Waals surface area (Å²) in [5, 5.41) is 75.3. The van der Waals surface area contributed by atoms with E-state index >= 15 is 0 Å². The zero-order chi connectivity index (χ0) is 47.6. The maximum atomic E-state index is 13.8. The molecule has 0 bridgehead atoms. The van der Waals surface area contributed by atoms with E-state index in [1.165, 1.54) is 48.5 Å². The van der Waals surface area contributed by atoms with Crippen molar-refractivity contribution in [2.75, 3.05) is 0 Å². The molecule has 0 radical (unpaired) electrons. The number of nitrogens with one attached hydrogen (secondary N) is 15. The number of nitro benzene ring substituents is 1. The lowest BCUT2D eigenvalue weighted by Crippen LogP contribution is -2.69. The van der Waals surface area contributed by atoms with Crippen molar-refractivity contribution in [1.82, 2.24) is 58.5 Å². The molecule has 0 fully saturated rings. The monoisotopic (exact) mass is 886 g/mol. The number of hydrogen-bond acceptors (Lipinski definition) is 16. The number of carbonyl (C=O) groups is 7. The fraction of sp³-hybridized carbons (Fsp3) is 0.258. The van der Waals surface area contributed by atoms with Crippen LogP contribution < -0.4 is 92.9 Å². The average Bonchev–Trinajstić information content (AvgIpc) is 3.20. The lowest BCUT2D eigenvalue weighted by Gasteiger charge is -2.28. The number of hydrogen-bond donors (Lipinski definition) is 22. The van der Waals surface area contributed by atoms with Crippen LogP contribution in [0.3, 0.4) is 0 Å². The summed E-state index contributed by atoms with van der Waals surface area (Å²) in [5.41, 5.74) is 31.8. The van der Waals surface area contributed by atoms with Crippen molar-refractivity contribution in [3.63, 3.8) is 0 Å². The summed E-state index contributed by atoms with van der Waals surface area (Å²) in [6, 6.07) is 11.1. The molecule has 0 aliphatic rings. The van der Waals surface area contributed by atoms with Gasteiger partial charge in [-0.1, -0.05) is 48.5 Å². The first-order valence-corrected chi connectivity index (χ1v) is 17.5. The topological polar surface area (TPSA) is 567 Å². The lowest BCUT2D eigenvalue weighted by molar-refractivity contribution is -0.385. The van der Waals surface area contributed by atoms with Crippen LogP contribution in [-0.4, -0.2) is 112 Å². The van der Waals surface area contributed by atoms with Crippen molar-refractivity contribution in [1.29, 1.82) is 21.6 Å². The third kappa shape index (κ3) is 16.7. The van der Waals surface area contributed by atoms with Crippen LogP contribution in [0.4, 0.5) is 5.69 Å². The minimum Gasteiger partial charge on any atom is -0.370 e. The fourth-order valence-electron chi connectivity index (χ4n) is 4.81. The highest BCUT2D eigenvalue weighted by atomic mass is 16.6. The summed E-state index contributed by atoms with van der Waals surface area (Å²) in [6.45, 7) is -0.361. The zero-order valence-corrected chi connectivity index (χ0v) is 32.5. The van der Waals surface area contributed by atoms with Crippen LogP contribution in [0.25, 0.3) is 0 Å².